The van der Waals surface area contributed by atoms with Gasteiger partial charge in [0.15, 0.2) is 0 Å². The van der Waals surface area contributed by atoms with Gasteiger partial charge in [0.2, 0.25) is 5.91 Å². The number of nitrogens with one attached hydrogen (secondary N) is 1. The quantitative estimate of drug-likeness (QED) is 0.895. The van der Waals surface area contributed by atoms with Crippen molar-refractivity contribution in [2.75, 3.05) is 6.54 Å². The molecule has 1 N–H and O–H groups in total. The fourth-order valence-corrected chi connectivity index (χ4v) is 3.10. The number of aromatic nitrogens is 1. The molecule has 1 aliphatic heterocycles. The van der Waals surface area contributed by atoms with Crippen LogP contribution in [0.5, 0.6) is 0 Å². The van der Waals surface area contributed by atoms with Crippen LogP contribution in [0.15, 0.2) is 30.5 Å². The van der Waals surface area contributed by atoms with Crippen molar-refractivity contribution in [1.29, 1.82) is 0 Å². The molecule has 100 valence electrons. The number of hydrogen-bond donors (Lipinski definition) is 1. The number of benzene rings is 1. The first-order chi connectivity index (χ1) is 9.28. The molecule has 0 radical (unpaired) electrons. The second kappa shape index (κ2) is 5.08. The van der Waals surface area contributed by atoms with Crippen molar-refractivity contribution in [3.8, 4) is 0 Å². The monoisotopic (exact) mass is 256 g/mol. The number of fused-ring (bicyclic) bond motifs is 1. The van der Waals surface area contributed by atoms with E-state index >= 15 is 0 Å². The Bertz CT molecular complexity index is 587. The van der Waals surface area contributed by atoms with Crippen molar-refractivity contribution in [1.82, 2.24) is 9.88 Å². The van der Waals surface area contributed by atoms with Crippen LogP contribution in [-0.2, 0) is 11.3 Å². The van der Waals surface area contributed by atoms with Crippen molar-refractivity contribution in [2.24, 2.45) is 5.92 Å². The van der Waals surface area contributed by atoms with Gasteiger partial charge in [0.05, 0.1) is 5.52 Å². The van der Waals surface area contributed by atoms with E-state index in [1.54, 1.807) is 0 Å². The Hall–Kier alpha value is -1.77. The number of carbonyl (C=O) groups is 1. The summed E-state index contributed by atoms with van der Waals surface area (Å²) in [6.07, 6.45) is 5.02. The smallest absolute Gasteiger partial charge is 0.223 e. The number of carbonyl (C=O) groups excluding carboxylic acids is 1. The van der Waals surface area contributed by atoms with Crippen LogP contribution in [0.4, 0.5) is 0 Å². The van der Waals surface area contributed by atoms with Gasteiger partial charge < -0.3 is 9.88 Å². The van der Waals surface area contributed by atoms with Gasteiger partial charge in [-0.25, -0.2) is 0 Å². The molecule has 0 spiro atoms. The second-order valence-electron chi connectivity index (χ2n) is 5.49. The molecule has 1 atom stereocenters. The highest BCUT2D eigenvalue weighted by molar-refractivity contribution is 5.83. The van der Waals surface area contributed by atoms with Gasteiger partial charge in [0.25, 0.3) is 0 Å². The number of para-hydroxylation sites is 1. The largest absolute Gasteiger partial charge is 0.361 e. The molecule has 1 aromatic heterocycles. The molecule has 3 heteroatoms. The SMILES string of the molecule is CCC[C@H]1CC(=O)N(Cc2cccc3cc[nH]c23)C1. The summed E-state index contributed by atoms with van der Waals surface area (Å²) in [5.41, 5.74) is 2.38. The Morgan fingerprint density at radius 3 is 3.11 bits per heavy atom. The maximum absolute atomic E-state index is 12.1. The van der Waals surface area contributed by atoms with Gasteiger partial charge in [-0.05, 0) is 29.4 Å². The van der Waals surface area contributed by atoms with Gasteiger partial charge in [-0.3, -0.25) is 4.79 Å². The van der Waals surface area contributed by atoms with E-state index in [2.05, 4.69) is 36.2 Å². The second-order valence-corrected chi connectivity index (χ2v) is 5.49. The van der Waals surface area contributed by atoms with Gasteiger partial charge in [-0.1, -0.05) is 31.5 Å². The van der Waals surface area contributed by atoms with Crippen LogP contribution in [0, 0.1) is 5.92 Å². The highest BCUT2D eigenvalue weighted by Crippen LogP contribution is 2.25. The molecular weight excluding hydrogens is 236 g/mol. The summed E-state index contributed by atoms with van der Waals surface area (Å²) in [6, 6.07) is 8.35. The highest BCUT2D eigenvalue weighted by atomic mass is 16.2. The third kappa shape index (κ3) is 2.37. The summed E-state index contributed by atoms with van der Waals surface area (Å²) in [5.74, 6) is 0.863. The van der Waals surface area contributed by atoms with Crippen LogP contribution >= 0.6 is 0 Å². The van der Waals surface area contributed by atoms with Crippen LogP contribution in [0.25, 0.3) is 10.9 Å². The molecule has 3 rings (SSSR count). The molecule has 3 nitrogen and oxygen atoms in total. The molecule has 19 heavy (non-hydrogen) atoms. The van der Waals surface area contributed by atoms with Gasteiger partial charge in [0.1, 0.15) is 0 Å². The average Bonchev–Trinajstić information content (AvgIpc) is 2.98. The average molecular weight is 256 g/mol. The van der Waals surface area contributed by atoms with Crippen LogP contribution in [0.3, 0.4) is 0 Å². The van der Waals surface area contributed by atoms with E-state index in [-0.39, 0.29) is 0 Å². The lowest BCUT2D eigenvalue weighted by atomic mass is 10.0. The van der Waals surface area contributed by atoms with E-state index in [1.165, 1.54) is 10.9 Å². The Morgan fingerprint density at radius 2 is 2.26 bits per heavy atom. The molecule has 1 aromatic carbocycles. The van der Waals surface area contributed by atoms with E-state index in [1.807, 2.05) is 11.1 Å². The Labute approximate surface area is 113 Å². The van der Waals surface area contributed by atoms with E-state index in [0.29, 0.717) is 11.8 Å². The molecule has 0 aliphatic carbocycles. The summed E-state index contributed by atoms with van der Waals surface area (Å²) in [7, 11) is 0. The number of hydrogen-bond acceptors (Lipinski definition) is 1. The van der Waals surface area contributed by atoms with Crippen LogP contribution in [0.1, 0.15) is 31.7 Å². The lowest BCUT2D eigenvalue weighted by molar-refractivity contribution is -0.128. The van der Waals surface area contributed by atoms with E-state index in [0.717, 1.165) is 37.9 Å². The summed E-state index contributed by atoms with van der Waals surface area (Å²) >= 11 is 0. The fourth-order valence-electron chi connectivity index (χ4n) is 3.10. The van der Waals surface area contributed by atoms with Crippen LogP contribution < -0.4 is 0 Å². The van der Waals surface area contributed by atoms with Crippen molar-refractivity contribution in [2.45, 2.75) is 32.7 Å². The van der Waals surface area contributed by atoms with Crippen LogP contribution in [0.2, 0.25) is 0 Å². The first kappa shape index (κ1) is 12.3. The molecule has 1 amide bonds. The number of aromatic amines is 1. The molecule has 0 bridgehead atoms. The maximum atomic E-state index is 12.1. The van der Waals surface area contributed by atoms with Gasteiger partial charge in [-0.2, -0.15) is 0 Å². The Kier molecular flexibility index (Phi) is 3.28. The molecule has 0 unspecified atom stereocenters. The minimum Gasteiger partial charge on any atom is -0.361 e. The molecule has 0 saturated carbocycles. The Balaban J connectivity index is 1.78. The summed E-state index contributed by atoms with van der Waals surface area (Å²) < 4.78 is 0. The van der Waals surface area contributed by atoms with Crippen molar-refractivity contribution < 1.29 is 4.79 Å². The van der Waals surface area contributed by atoms with E-state index < -0.39 is 0 Å². The summed E-state index contributed by atoms with van der Waals surface area (Å²) in [4.78, 5) is 17.3. The molecule has 1 saturated heterocycles. The zero-order valence-electron chi connectivity index (χ0n) is 11.4. The zero-order chi connectivity index (χ0) is 13.2. The highest BCUT2D eigenvalue weighted by Gasteiger charge is 2.28. The third-order valence-corrected chi connectivity index (χ3v) is 4.03. The zero-order valence-corrected chi connectivity index (χ0v) is 11.4. The minimum atomic E-state index is 0.307. The number of rotatable bonds is 4. The normalized spacial score (nSPS) is 19.5. The maximum Gasteiger partial charge on any atom is 0.223 e. The summed E-state index contributed by atoms with van der Waals surface area (Å²) in [6.45, 7) is 3.84. The number of H-pyrrole nitrogens is 1. The van der Waals surface area contributed by atoms with Gasteiger partial charge >= 0.3 is 0 Å². The standard InChI is InChI=1S/C16H20N2O/c1-2-4-12-9-15(19)18(10-12)11-14-6-3-5-13-7-8-17-16(13)14/h3,5-8,12,17H,2,4,9-11H2,1H3/t12-/m0/s1. The fraction of sp³-hybridized carbons (Fsp3) is 0.438. The lowest BCUT2D eigenvalue weighted by Crippen LogP contribution is -2.24. The molecule has 1 fully saturated rings. The van der Waals surface area contributed by atoms with Crippen LogP contribution in [-0.4, -0.2) is 22.3 Å². The predicted octanol–water partition coefficient (Wildman–Crippen LogP) is 3.32. The molecular formula is C16H20N2O. The number of nitrogens with zero attached hydrogens (tertiary/aromatic N) is 1. The lowest BCUT2D eigenvalue weighted by Gasteiger charge is -2.17. The van der Waals surface area contributed by atoms with E-state index in [4.69, 9.17) is 0 Å². The minimum absolute atomic E-state index is 0.307. The van der Waals surface area contributed by atoms with Crippen molar-refractivity contribution >= 4 is 16.8 Å². The summed E-state index contributed by atoms with van der Waals surface area (Å²) in [5, 5.41) is 1.22. The topological polar surface area (TPSA) is 36.1 Å². The third-order valence-electron chi connectivity index (χ3n) is 4.03. The van der Waals surface area contributed by atoms with Gasteiger partial charge in [0, 0.05) is 25.7 Å². The van der Waals surface area contributed by atoms with Gasteiger partial charge in [-0.15, -0.1) is 0 Å². The Morgan fingerprint density at radius 1 is 1.37 bits per heavy atom. The number of likely N-dealkylation sites (tertiary alicyclic amines) is 1. The molecule has 1 aliphatic rings. The molecule has 2 aromatic rings. The first-order valence-electron chi connectivity index (χ1n) is 7.10. The molecule has 2 heterocycles. The van der Waals surface area contributed by atoms with Crippen molar-refractivity contribution in [3.63, 3.8) is 0 Å². The van der Waals surface area contributed by atoms with E-state index in [9.17, 15) is 4.79 Å². The number of amides is 1. The predicted molar refractivity (Wildman–Crippen MR) is 76.7 cm³/mol. The van der Waals surface area contributed by atoms with Crippen molar-refractivity contribution in [3.05, 3.63) is 36.0 Å². The first-order valence-corrected chi connectivity index (χ1v) is 7.10.